The van der Waals surface area contributed by atoms with Crippen LogP contribution in [-0.4, -0.2) is 41.5 Å². The van der Waals surface area contributed by atoms with Crippen molar-refractivity contribution < 1.29 is 24.2 Å². The number of hydrogen-bond acceptors (Lipinski definition) is 5. The van der Waals surface area contributed by atoms with Gasteiger partial charge in [0.05, 0.1) is 11.6 Å². The first kappa shape index (κ1) is 22.2. The van der Waals surface area contributed by atoms with Gasteiger partial charge < -0.3 is 19.5 Å². The Morgan fingerprint density at radius 1 is 0.941 bits per heavy atom. The van der Waals surface area contributed by atoms with E-state index in [0.717, 1.165) is 15.6 Å². The minimum Gasteiger partial charge on any atom is -0.507 e. The van der Waals surface area contributed by atoms with Crippen molar-refractivity contribution in [3.63, 3.8) is 0 Å². The van der Waals surface area contributed by atoms with Gasteiger partial charge in [0, 0.05) is 16.6 Å². The molecule has 34 heavy (non-hydrogen) atoms. The van der Waals surface area contributed by atoms with Crippen LogP contribution in [0, 0.1) is 0 Å². The number of rotatable bonds is 5. The van der Waals surface area contributed by atoms with Crippen LogP contribution in [0.4, 0.5) is 0 Å². The first-order valence-corrected chi connectivity index (χ1v) is 11.8. The van der Waals surface area contributed by atoms with Crippen molar-refractivity contribution in [2.24, 2.45) is 0 Å². The molecule has 2 aliphatic heterocycles. The maximum absolute atomic E-state index is 13.2. The Labute approximate surface area is 205 Å². The number of ketones is 1. The predicted octanol–water partition coefficient (Wildman–Crippen LogP) is 4.88. The third kappa shape index (κ3) is 4.19. The van der Waals surface area contributed by atoms with Crippen LogP contribution >= 0.6 is 15.9 Å². The lowest BCUT2D eigenvalue weighted by Crippen LogP contribution is -2.31. The highest BCUT2D eigenvalue weighted by molar-refractivity contribution is 9.10. The van der Waals surface area contributed by atoms with Gasteiger partial charge in [0.2, 0.25) is 0 Å². The van der Waals surface area contributed by atoms with Gasteiger partial charge in [0.1, 0.15) is 19.0 Å². The quantitative estimate of drug-likeness (QED) is 0.295. The van der Waals surface area contributed by atoms with Gasteiger partial charge in [-0.1, -0.05) is 58.4 Å². The normalized spacial score (nSPS) is 18.9. The molecule has 0 unspecified atom stereocenters. The average molecular weight is 520 g/mol. The Balaban J connectivity index is 1.57. The zero-order valence-electron chi connectivity index (χ0n) is 18.2. The number of nitrogens with zero attached hydrogens (tertiary/aromatic N) is 1. The molecule has 1 atom stereocenters. The summed E-state index contributed by atoms with van der Waals surface area (Å²) in [6.07, 6.45) is 0.588. The van der Waals surface area contributed by atoms with E-state index in [-0.39, 0.29) is 11.3 Å². The molecule has 0 radical (unpaired) electrons. The number of aliphatic hydroxyl groups excluding tert-OH is 1. The van der Waals surface area contributed by atoms with E-state index in [1.165, 1.54) is 0 Å². The molecule has 5 rings (SSSR count). The molecular formula is C27H22BrNO5. The van der Waals surface area contributed by atoms with Gasteiger partial charge in [-0.2, -0.15) is 0 Å². The van der Waals surface area contributed by atoms with Gasteiger partial charge in [-0.15, -0.1) is 0 Å². The van der Waals surface area contributed by atoms with Crippen molar-refractivity contribution in [2.45, 2.75) is 12.5 Å². The number of hydrogen-bond donors (Lipinski definition) is 1. The van der Waals surface area contributed by atoms with Crippen LogP contribution in [0.5, 0.6) is 11.5 Å². The summed E-state index contributed by atoms with van der Waals surface area (Å²) in [6, 6.07) is 21.5. The summed E-state index contributed by atoms with van der Waals surface area (Å²) in [7, 11) is 0. The highest BCUT2D eigenvalue weighted by atomic mass is 79.9. The molecule has 3 aromatic rings. The molecule has 0 aliphatic carbocycles. The van der Waals surface area contributed by atoms with E-state index in [1.807, 2.05) is 54.6 Å². The number of Topliss-reactive ketones (excluding diaryl/α,β-unsaturated/α-hetero) is 1. The summed E-state index contributed by atoms with van der Waals surface area (Å²) in [4.78, 5) is 27.9. The molecule has 2 aliphatic rings. The van der Waals surface area contributed by atoms with E-state index in [2.05, 4.69) is 15.9 Å². The number of benzene rings is 3. The molecule has 7 heteroatoms. The third-order valence-corrected chi connectivity index (χ3v) is 6.55. The fourth-order valence-corrected chi connectivity index (χ4v) is 4.61. The van der Waals surface area contributed by atoms with E-state index in [0.29, 0.717) is 43.2 Å². The number of carbonyl (C=O) groups is 2. The summed E-state index contributed by atoms with van der Waals surface area (Å²) < 4.78 is 12.1. The summed E-state index contributed by atoms with van der Waals surface area (Å²) in [5, 5.41) is 11.3. The van der Waals surface area contributed by atoms with Gasteiger partial charge in [-0.3, -0.25) is 9.59 Å². The van der Waals surface area contributed by atoms with Crippen LogP contribution < -0.4 is 9.47 Å². The van der Waals surface area contributed by atoms with Crippen molar-refractivity contribution in [3.05, 3.63) is 99.5 Å². The van der Waals surface area contributed by atoms with E-state index in [9.17, 15) is 14.7 Å². The molecule has 1 fully saturated rings. The number of aliphatic hydroxyl groups is 1. The molecule has 1 saturated heterocycles. The minimum absolute atomic E-state index is 0.0667. The maximum Gasteiger partial charge on any atom is 0.295 e. The molecule has 3 aromatic carbocycles. The topological polar surface area (TPSA) is 76.1 Å². The van der Waals surface area contributed by atoms with Crippen LogP contribution in [0.25, 0.3) is 5.76 Å². The van der Waals surface area contributed by atoms with Crippen LogP contribution in [0.2, 0.25) is 0 Å². The Bertz CT molecular complexity index is 1270. The zero-order valence-corrected chi connectivity index (χ0v) is 19.8. The zero-order chi connectivity index (χ0) is 23.7. The molecule has 2 heterocycles. The lowest BCUT2D eigenvalue weighted by atomic mass is 9.95. The lowest BCUT2D eigenvalue weighted by Gasteiger charge is -2.25. The summed E-state index contributed by atoms with van der Waals surface area (Å²) in [5.41, 5.74) is 2.27. The molecule has 0 saturated carbocycles. The number of halogens is 1. The fraction of sp³-hybridized carbons (Fsp3) is 0.185. The molecule has 172 valence electrons. The Kier molecular flexibility index (Phi) is 6.11. The largest absolute Gasteiger partial charge is 0.507 e. The van der Waals surface area contributed by atoms with Gasteiger partial charge in [-0.05, 0) is 47.9 Å². The third-order valence-electron chi connectivity index (χ3n) is 6.03. The average Bonchev–Trinajstić information content (AvgIpc) is 3.12. The lowest BCUT2D eigenvalue weighted by molar-refractivity contribution is -0.139. The molecule has 0 aromatic heterocycles. The summed E-state index contributed by atoms with van der Waals surface area (Å²) in [5.74, 6) is -0.480. The van der Waals surface area contributed by atoms with Crippen LogP contribution in [0.3, 0.4) is 0 Å². The standard InChI is InChI=1S/C27H22BrNO5/c28-20-9-6-18(7-10-20)24-23(25(30)19-8-11-21-22(16-19)34-15-14-33-21)26(31)27(32)29(24)13-12-17-4-2-1-3-5-17/h1-11,16,24,30H,12-15H2/t24-/m0/s1. The second kappa shape index (κ2) is 9.35. The Morgan fingerprint density at radius 3 is 2.38 bits per heavy atom. The molecule has 1 N–H and O–H groups in total. The van der Waals surface area contributed by atoms with Crippen molar-refractivity contribution in [1.29, 1.82) is 0 Å². The summed E-state index contributed by atoms with van der Waals surface area (Å²) >= 11 is 3.44. The highest BCUT2D eigenvalue weighted by Crippen LogP contribution is 2.41. The van der Waals surface area contributed by atoms with E-state index in [1.54, 1.807) is 23.1 Å². The van der Waals surface area contributed by atoms with Crippen molar-refractivity contribution in [1.82, 2.24) is 4.90 Å². The van der Waals surface area contributed by atoms with Gasteiger partial charge in [0.15, 0.2) is 11.5 Å². The smallest absolute Gasteiger partial charge is 0.295 e. The number of fused-ring (bicyclic) bond motifs is 1. The number of ether oxygens (including phenoxy) is 2. The van der Waals surface area contributed by atoms with Crippen LogP contribution in [0.1, 0.15) is 22.7 Å². The first-order chi connectivity index (χ1) is 16.5. The summed E-state index contributed by atoms with van der Waals surface area (Å²) in [6.45, 7) is 1.20. The van der Waals surface area contributed by atoms with Crippen molar-refractivity contribution in [3.8, 4) is 11.5 Å². The number of likely N-dealkylation sites (tertiary alicyclic amines) is 1. The van der Waals surface area contributed by atoms with Gasteiger partial charge >= 0.3 is 0 Å². The van der Waals surface area contributed by atoms with Crippen molar-refractivity contribution >= 4 is 33.4 Å². The predicted molar refractivity (Wildman–Crippen MR) is 131 cm³/mol. The number of amides is 1. The van der Waals surface area contributed by atoms with Gasteiger partial charge in [-0.25, -0.2) is 0 Å². The Hall–Kier alpha value is -3.58. The van der Waals surface area contributed by atoms with Crippen LogP contribution in [0.15, 0.2) is 82.8 Å². The van der Waals surface area contributed by atoms with Crippen molar-refractivity contribution in [2.75, 3.05) is 19.8 Å². The van der Waals surface area contributed by atoms with E-state index < -0.39 is 17.7 Å². The maximum atomic E-state index is 13.2. The highest BCUT2D eigenvalue weighted by Gasteiger charge is 2.45. The molecule has 0 spiro atoms. The number of carbonyl (C=O) groups excluding carboxylic acids is 2. The second-order valence-electron chi connectivity index (χ2n) is 8.14. The minimum atomic E-state index is -0.704. The van der Waals surface area contributed by atoms with E-state index in [4.69, 9.17) is 9.47 Å². The fourth-order valence-electron chi connectivity index (χ4n) is 4.34. The molecular weight excluding hydrogens is 498 g/mol. The Morgan fingerprint density at radius 2 is 1.65 bits per heavy atom. The second-order valence-corrected chi connectivity index (χ2v) is 9.05. The van der Waals surface area contributed by atoms with Gasteiger partial charge in [0.25, 0.3) is 11.7 Å². The monoisotopic (exact) mass is 519 g/mol. The molecule has 6 nitrogen and oxygen atoms in total. The first-order valence-electron chi connectivity index (χ1n) is 11.0. The molecule has 0 bridgehead atoms. The molecule has 1 amide bonds. The van der Waals surface area contributed by atoms with E-state index >= 15 is 0 Å². The van der Waals surface area contributed by atoms with Crippen LogP contribution in [-0.2, 0) is 16.0 Å². The SMILES string of the molecule is O=C1C(=O)N(CCc2ccccc2)[C@@H](c2ccc(Br)cc2)C1=C(O)c1ccc2c(c1)OCCO2.